The van der Waals surface area contributed by atoms with Gasteiger partial charge >= 0.3 is 0 Å². The predicted octanol–water partition coefficient (Wildman–Crippen LogP) is 3.31. The number of aromatic nitrogens is 1. The molecule has 0 saturated heterocycles. The summed E-state index contributed by atoms with van der Waals surface area (Å²) >= 11 is 6.02. The Morgan fingerprint density at radius 1 is 1.44 bits per heavy atom. The quantitative estimate of drug-likeness (QED) is 0.848. The molecule has 0 unspecified atom stereocenters. The third-order valence-corrected chi connectivity index (χ3v) is 3.47. The Bertz CT molecular complexity index is 348. The number of halogens is 1. The maximum Gasteiger partial charge on any atom is 0.144 e. The molecule has 3 N–H and O–H groups in total. The van der Waals surface area contributed by atoms with E-state index in [2.05, 4.69) is 10.3 Å². The van der Waals surface area contributed by atoms with Crippen LogP contribution in [0.4, 0.5) is 11.5 Å². The molecule has 1 fully saturated rings. The maximum absolute atomic E-state index is 6.02. The number of rotatable bonds is 4. The van der Waals surface area contributed by atoms with Gasteiger partial charge in [0.2, 0.25) is 0 Å². The van der Waals surface area contributed by atoms with Crippen LogP contribution in [0.3, 0.4) is 0 Å². The smallest absolute Gasteiger partial charge is 0.144 e. The van der Waals surface area contributed by atoms with Crippen molar-refractivity contribution in [3.8, 4) is 0 Å². The van der Waals surface area contributed by atoms with E-state index in [0.29, 0.717) is 10.7 Å². The summed E-state index contributed by atoms with van der Waals surface area (Å²) in [4.78, 5) is 4.17. The van der Waals surface area contributed by atoms with E-state index in [-0.39, 0.29) is 0 Å². The highest BCUT2D eigenvalue weighted by Crippen LogP contribution is 2.28. The second-order valence-electron chi connectivity index (χ2n) is 4.47. The van der Waals surface area contributed by atoms with Crippen molar-refractivity contribution in [3.05, 3.63) is 17.3 Å². The van der Waals surface area contributed by atoms with Crippen molar-refractivity contribution >= 4 is 23.1 Å². The van der Waals surface area contributed by atoms with Crippen LogP contribution >= 0.6 is 11.6 Å². The molecule has 1 aromatic heterocycles. The van der Waals surface area contributed by atoms with Gasteiger partial charge in [0, 0.05) is 6.54 Å². The Morgan fingerprint density at radius 2 is 2.19 bits per heavy atom. The van der Waals surface area contributed by atoms with E-state index in [9.17, 15) is 0 Å². The van der Waals surface area contributed by atoms with Crippen LogP contribution in [0.15, 0.2) is 12.3 Å². The summed E-state index contributed by atoms with van der Waals surface area (Å²) in [6, 6.07) is 1.73. The maximum atomic E-state index is 6.02. The number of nitrogens with one attached hydrogen (secondary N) is 1. The van der Waals surface area contributed by atoms with Gasteiger partial charge in [-0.2, -0.15) is 0 Å². The molecular formula is C12H18ClN3. The van der Waals surface area contributed by atoms with Crippen LogP contribution in [0.5, 0.6) is 0 Å². The Hall–Kier alpha value is -0.960. The van der Waals surface area contributed by atoms with Gasteiger partial charge in [0.25, 0.3) is 0 Å². The van der Waals surface area contributed by atoms with Crippen LogP contribution in [0, 0.1) is 5.92 Å². The molecule has 1 aliphatic carbocycles. The standard InChI is InChI=1S/C12H18ClN3/c13-11-7-10(14)8-16-12(11)15-6-5-9-3-1-2-4-9/h7-9H,1-6,14H2,(H,15,16). The Kier molecular flexibility index (Phi) is 3.88. The van der Waals surface area contributed by atoms with Crippen LogP contribution in [-0.4, -0.2) is 11.5 Å². The molecule has 1 aliphatic rings. The van der Waals surface area contributed by atoms with Gasteiger partial charge in [-0.05, 0) is 18.4 Å². The summed E-state index contributed by atoms with van der Waals surface area (Å²) < 4.78 is 0. The van der Waals surface area contributed by atoms with Gasteiger partial charge in [-0.15, -0.1) is 0 Å². The third-order valence-electron chi connectivity index (χ3n) is 3.18. The van der Waals surface area contributed by atoms with Crippen molar-refractivity contribution in [3.63, 3.8) is 0 Å². The highest BCUT2D eigenvalue weighted by atomic mass is 35.5. The minimum absolute atomic E-state index is 0.603. The van der Waals surface area contributed by atoms with E-state index in [1.54, 1.807) is 12.3 Å². The van der Waals surface area contributed by atoms with Crippen molar-refractivity contribution in [2.45, 2.75) is 32.1 Å². The van der Waals surface area contributed by atoms with E-state index in [1.807, 2.05) is 0 Å². The highest BCUT2D eigenvalue weighted by Gasteiger charge is 2.14. The minimum Gasteiger partial charge on any atom is -0.397 e. The molecule has 0 amide bonds. The number of hydrogen-bond donors (Lipinski definition) is 2. The lowest BCUT2D eigenvalue weighted by atomic mass is 10.0. The first-order valence-electron chi connectivity index (χ1n) is 5.90. The molecule has 3 nitrogen and oxygen atoms in total. The van der Waals surface area contributed by atoms with Gasteiger partial charge in [0.05, 0.1) is 16.9 Å². The van der Waals surface area contributed by atoms with Crippen molar-refractivity contribution in [1.29, 1.82) is 0 Å². The zero-order valence-electron chi connectivity index (χ0n) is 9.38. The largest absolute Gasteiger partial charge is 0.397 e. The summed E-state index contributed by atoms with van der Waals surface area (Å²) in [7, 11) is 0. The molecule has 0 spiro atoms. The van der Waals surface area contributed by atoms with E-state index in [4.69, 9.17) is 17.3 Å². The van der Waals surface area contributed by atoms with Crippen molar-refractivity contribution in [2.75, 3.05) is 17.6 Å². The molecule has 0 radical (unpaired) electrons. The average molecular weight is 240 g/mol. The SMILES string of the molecule is Nc1cnc(NCCC2CCCC2)c(Cl)c1. The molecule has 2 rings (SSSR count). The molecule has 0 aliphatic heterocycles. The second-order valence-corrected chi connectivity index (χ2v) is 4.87. The normalized spacial score (nSPS) is 16.6. The fraction of sp³-hybridized carbons (Fsp3) is 0.583. The first kappa shape index (κ1) is 11.5. The zero-order chi connectivity index (χ0) is 11.4. The van der Waals surface area contributed by atoms with Gasteiger partial charge in [0.1, 0.15) is 5.82 Å². The Labute approximate surface area is 101 Å². The number of anilines is 2. The van der Waals surface area contributed by atoms with Crippen LogP contribution < -0.4 is 11.1 Å². The average Bonchev–Trinajstić information content (AvgIpc) is 2.74. The van der Waals surface area contributed by atoms with E-state index in [0.717, 1.165) is 18.3 Å². The third kappa shape index (κ3) is 3.01. The summed E-state index contributed by atoms with van der Waals surface area (Å²) in [6.45, 7) is 0.946. The molecule has 0 aromatic carbocycles. The number of pyridine rings is 1. The lowest BCUT2D eigenvalue weighted by molar-refractivity contribution is 0.518. The van der Waals surface area contributed by atoms with Crippen LogP contribution in [0.1, 0.15) is 32.1 Å². The zero-order valence-corrected chi connectivity index (χ0v) is 10.1. The van der Waals surface area contributed by atoms with Crippen LogP contribution in [-0.2, 0) is 0 Å². The van der Waals surface area contributed by atoms with Crippen molar-refractivity contribution in [1.82, 2.24) is 4.98 Å². The van der Waals surface area contributed by atoms with Gasteiger partial charge in [-0.25, -0.2) is 4.98 Å². The molecule has 1 saturated carbocycles. The Morgan fingerprint density at radius 3 is 2.88 bits per heavy atom. The van der Waals surface area contributed by atoms with Gasteiger partial charge < -0.3 is 11.1 Å². The molecule has 1 heterocycles. The fourth-order valence-electron chi connectivity index (χ4n) is 2.28. The Balaban J connectivity index is 1.80. The first-order valence-corrected chi connectivity index (χ1v) is 6.28. The molecule has 0 bridgehead atoms. The highest BCUT2D eigenvalue weighted by molar-refractivity contribution is 6.33. The monoisotopic (exact) mass is 239 g/mol. The number of nitrogen functional groups attached to an aromatic ring is 1. The van der Waals surface area contributed by atoms with Gasteiger partial charge in [-0.1, -0.05) is 37.3 Å². The number of nitrogens with two attached hydrogens (primary N) is 1. The first-order chi connectivity index (χ1) is 7.75. The lowest BCUT2D eigenvalue weighted by Gasteiger charge is -2.11. The number of hydrogen-bond acceptors (Lipinski definition) is 3. The van der Waals surface area contributed by atoms with Gasteiger partial charge in [-0.3, -0.25) is 0 Å². The molecule has 16 heavy (non-hydrogen) atoms. The molecular weight excluding hydrogens is 222 g/mol. The molecule has 88 valence electrons. The van der Waals surface area contributed by atoms with Crippen molar-refractivity contribution < 1.29 is 0 Å². The van der Waals surface area contributed by atoms with E-state index >= 15 is 0 Å². The summed E-state index contributed by atoms with van der Waals surface area (Å²) in [5, 5.41) is 3.87. The molecule has 0 atom stereocenters. The van der Waals surface area contributed by atoms with Crippen LogP contribution in [0.2, 0.25) is 5.02 Å². The van der Waals surface area contributed by atoms with Crippen molar-refractivity contribution in [2.24, 2.45) is 5.92 Å². The summed E-state index contributed by atoms with van der Waals surface area (Å²) in [5.74, 6) is 1.63. The molecule has 4 heteroatoms. The molecule has 1 aromatic rings. The second kappa shape index (κ2) is 5.39. The lowest BCUT2D eigenvalue weighted by Crippen LogP contribution is -2.08. The van der Waals surface area contributed by atoms with Crippen LogP contribution in [0.25, 0.3) is 0 Å². The van der Waals surface area contributed by atoms with Gasteiger partial charge in [0.15, 0.2) is 0 Å². The minimum atomic E-state index is 0.603. The fourth-order valence-corrected chi connectivity index (χ4v) is 2.52. The topological polar surface area (TPSA) is 50.9 Å². The predicted molar refractivity (Wildman–Crippen MR) is 68.7 cm³/mol. The summed E-state index contributed by atoms with van der Waals surface area (Å²) in [5.41, 5.74) is 6.18. The summed E-state index contributed by atoms with van der Waals surface area (Å²) in [6.07, 6.45) is 8.39. The van der Waals surface area contributed by atoms with E-state index < -0.39 is 0 Å². The number of nitrogens with zero attached hydrogens (tertiary/aromatic N) is 1. The van der Waals surface area contributed by atoms with E-state index in [1.165, 1.54) is 32.1 Å².